The van der Waals surface area contributed by atoms with Gasteiger partial charge in [0, 0.05) is 42.9 Å². The Labute approximate surface area is 193 Å². The van der Waals surface area contributed by atoms with Crippen molar-refractivity contribution >= 4 is 21.3 Å². The van der Waals surface area contributed by atoms with Crippen LogP contribution in [-0.2, 0) is 22.5 Å². The lowest BCUT2D eigenvalue weighted by Gasteiger charge is -2.44. The van der Waals surface area contributed by atoms with Gasteiger partial charge >= 0.3 is 6.18 Å². The van der Waals surface area contributed by atoms with Crippen molar-refractivity contribution in [3.63, 3.8) is 0 Å². The summed E-state index contributed by atoms with van der Waals surface area (Å²) in [5.41, 5.74) is -2.83. The fourth-order valence-electron chi connectivity index (χ4n) is 4.52. The Bertz CT molecular complexity index is 1260. The highest BCUT2D eigenvalue weighted by Gasteiger charge is 2.55. The van der Waals surface area contributed by atoms with Crippen molar-refractivity contribution in [1.82, 2.24) is 14.8 Å². The quantitative estimate of drug-likeness (QED) is 0.527. The number of alkyl halides is 5. The summed E-state index contributed by atoms with van der Waals surface area (Å²) in [7, 11) is -3.25. The summed E-state index contributed by atoms with van der Waals surface area (Å²) < 4.78 is 90.1. The topological polar surface area (TPSA) is 101 Å². The molecule has 0 radical (unpaired) electrons. The fourth-order valence-corrected chi connectivity index (χ4v) is 5.19. The minimum absolute atomic E-state index is 0.0181. The lowest BCUT2D eigenvalue weighted by molar-refractivity contribution is -0.160. The molecule has 2 aromatic rings. The molecule has 0 spiro atoms. The van der Waals surface area contributed by atoms with E-state index in [1.54, 1.807) is 0 Å². The van der Waals surface area contributed by atoms with Crippen LogP contribution in [0.2, 0.25) is 0 Å². The molecule has 2 aliphatic carbocycles. The van der Waals surface area contributed by atoms with Crippen LogP contribution in [0.4, 0.5) is 27.6 Å². The van der Waals surface area contributed by atoms with Crippen molar-refractivity contribution in [3.8, 4) is 0 Å². The van der Waals surface area contributed by atoms with Gasteiger partial charge in [0.05, 0.1) is 15.4 Å². The average Bonchev–Trinajstić information content (AvgIpc) is 3.39. The maximum atomic E-state index is 14.1. The lowest BCUT2D eigenvalue weighted by Crippen LogP contribution is -2.47. The largest absolute Gasteiger partial charge is 0.420 e. The molecule has 186 valence electrons. The number of nitrogens with one attached hydrogen (secondary N) is 2. The van der Waals surface area contributed by atoms with Gasteiger partial charge in [-0.2, -0.15) is 18.3 Å². The van der Waals surface area contributed by atoms with Crippen LogP contribution < -0.4 is 5.32 Å². The Kier molecular flexibility index (Phi) is 5.57. The predicted molar refractivity (Wildman–Crippen MR) is 113 cm³/mol. The number of rotatable bonds is 6. The molecule has 0 aromatic carbocycles. The predicted octanol–water partition coefficient (Wildman–Crippen LogP) is 5.21. The van der Waals surface area contributed by atoms with Gasteiger partial charge in [-0.15, -0.1) is 0 Å². The number of carbonyl (C=O) groups excluding carboxylic acids is 1. The normalized spacial score (nSPS) is 20.9. The molecule has 2 heterocycles. The third kappa shape index (κ3) is 4.93. The van der Waals surface area contributed by atoms with Crippen molar-refractivity contribution in [2.24, 2.45) is 5.41 Å². The van der Waals surface area contributed by atoms with E-state index in [9.17, 15) is 31.0 Å². The van der Waals surface area contributed by atoms with E-state index in [0.717, 1.165) is 10.9 Å². The standard InChI is InChI=1S/C21H24F5N5O2S/c1-11-6-13(7-14(28-11)34(3,27)33)29-18(32)17-15(21(24,25)26)16(12-4-5-12)30-31(17)10-19(2)8-20(22,23)9-19/h6-7,12,27H,4-5,8-10H2,1-3H3,(H,28,29,32)/t34-/m1/s1. The van der Waals surface area contributed by atoms with Gasteiger partial charge in [-0.1, -0.05) is 6.92 Å². The molecule has 1 amide bonds. The van der Waals surface area contributed by atoms with E-state index in [2.05, 4.69) is 15.4 Å². The van der Waals surface area contributed by atoms with Crippen LogP contribution in [0.3, 0.4) is 0 Å². The molecule has 0 unspecified atom stereocenters. The molecule has 0 bridgehead atoms. The van der Waals surface area contributed by atoms with Crippen LogP contribution in [0.1, 0.15) is 66.0 Å². The Morgan fingerprint density at radius 1 is 1.29 bits per heavy atom. The van der Waals surface area contributed by atoms with Crippen LogP contribution in [-0.4, -0.2) is 37.1 Å². The van der Waals surface area contributed by atoms with E-state index in [4.69, 9.17) is 4.78 Å². The van der Waals surface area contributed by atoms with Crippen molar-refractivity contribution in [2.45, 2.75) is 69.1 Å². The number of anilines is 1. The van der Waals surface area contributed by atoms with E-state index in [1.807, 2.05) is 0 Å². The van der Waals surface area contributed by atoms with Crippen molar-refractivity contribution in [3.05, 3.63) is 34.8 Å². The second kappa shape index (κ2) is 7.72. The molecule has 13 heteroatoms. The first kappa shape index (κ1) is 24.6. The Morgan fingerprint density at radius 2 is 1.91 bits per heavy atom. The molecule has 34 heavy (non-hydrogen) atoms. The molecule has 2 N–H and O–H groups in total. The van der Waals surface area contributed by atoms with E-state index in [-0.39, 0.29) is 23.0 Å². The number of nitrogens with zero attached hydrogens (tertiary/aromatic N) is 3. The smallest absolute Gasteiger partial charge is 0.320 e. The first-order valence-corrected chi connectivity index (χ1v) is 12.5. The molecule has 4 rings (SSSR count). The van der Waals surface area contributed by atoms with Crippen LogP contribution >= 0.6 is 0 Å². The SMILES string of the molecule is Cc1cc(NC(=O)c2c(C(F)(F)F)c(C3CC3)nn2CC2(C)CC(F)(F)C2)cc([S@](C)(=N)=O)n1. The molecular formula is C21H24F5N5O2S. The summed E-state index contributed by atoms with van der Waals surface area (Å²) in [5.74, 6) is -4.46. The summed E-state index contributed by atoms with van der Waals surface area (Å²) in [5, 5.41) is 6.34. The van der Waals surface area contributed by atoms with E-state index < -0.39 is 63.2 Å². The van der Waals surface area contributed by atoms with Crippen molar-refractivity contribution in [1.29, 1.82) is 4.78 Å². The van der Waals surface area contributed by atoms with Crippen LogP contribution in [0.5, 0.6) is 0 Å². The molecule has 2 saturated carbocycles. The number of pyridine rings is 1. The van der Waals surface area contributed by atoms with Gasteiger partial charge in [0.15, 0.2) is 0 Å². The molecule has 1 atom stereocenters. The second-order valence-electron chi connectivity index (χ2n) is 9.69. The fraction of sp³-hybridized carbons (Fsp3) is 0.571. The number of aromatic nitrogens is 3. The van der Waals surface area contributed by atoms with Crippen LogP contribution in [0.25, 0.3) is 0 Å². The first-order valence-electron chi connectivity index (χ1n) is 10.6. The summed E-state index contributed by atoms with van der Waals surface area (Å²) in [6.07, 6.45) is -3.78. The number of halogens is 5. The minimum Gasteiger partial charge on any atom is -0.320 e. The lowest BCUT2D eigenvalue weighted by atomic mass is 9.67. The third-order valence-corrected chi connectivity index (χ3v) is 6.94. The Balaban J connectivity index is 1.76. The maximum Gasteiger partial charge on any atom is 0.420 e. The van der Waals surface area contributed by atoms with E-state index >= 15 is 0 Å². The zero-order chi connectivity index (χ0) is 25.3. The van der Waals surface area contributed by atoms with E-state index in [1.165, 1.54) is 26.0 Å². The summed E-state index contributed by atoms with van der Waals surface area (Å²) in [6.45, 7) is 2.79. The van der Waals surface area contributed by atoms with Crippen molar-refractivity contribution in [2.75, 3.05) is 11.6 Å². The zero-order valence-corrected chi connectivity index (χ0v) is 19.5. The van der Waals surface area contributed by atoms with Gasteiger partial charge in [0.1, 0.15) is 16.3 Å². The molecule has 0 aliphatic heterocycles. The number of hydrogen-bond donors (Lipinski definition) is 2. The monoisotopic (exact) mass is 505 g/mol. The van der Waals surface area contributed by atoms with Gasteiger partial charge in [-0.05, 0) is 37.3 Å². The second-order valence-corrected chi connectivity index (χ2v) is 11.8. The third-order valence-electron chi connectivity index (χ3n) is 5.93. The van der Waals surface area contributed by atoms with E-state index in [0.29, 0.717) is 18.5 Å². The highest BCUT2D eigenvalue weighted by atomic mass is 32.2. The van der Waals surface area contributed by atoms with Crippen molar-refractivity contribution < 1.29 is 31.0 Å². The zero-order valence-electron chi connectivity index (χ0n) is 18.7. The molecule has 2 aliphatic rings. The van der Waals surface area contributed by atoms with Gasteiger partial charge in [-0.3, -0.25) is 9.48 Å². The summed E-state index contributed by atoms with van der Waals surface area (Å²) in [4.78, 5) is 17.2. The minimum atomic E-state index is -4.88. The number of carbonyl (C=O) groups is 1. The molecule has 2 fully saturated rings. The first-order chi connectivity index (χ1) is 15.5. The summed E-state index contributed by atoms with van der Waals surface area (Å²) >= 11 is 0. The maximum absolute atomic E-state index is 14.1. The summed E-state index contributed by atoms with van der Waals surface area (Å²) in [6, 6.07) is 2.54. The number of amides is 1. The van der Waals surface area contributed by atoms with Gasteiger partial charge in [0.2, 0.25) is 5.92 Å². The number of hydrogen-bond acceptors (Lipinski definition) is 5. The molecule has 0 saturated heterocycles. The average molecular weight is 506 g/mol. The van der Waals surface area contributed by atoms with Gasteiger partial charge < -0.3 is 5.32 Å². The number of aryl methyl sites for hydroxylation is 1. The Hall–Kier alpha value is -2.57. The highest BCUT2D eigenvalue weighted by molar-refractivity contribution is 7.91. The Morgan fingerprint density at radius 3 is 2.41 bits per heavy atom. The highest BCUT2D eigenvalue weighted by Crippen LogP contribution is 2.53. The van der Waals surface area contributed by atoms with Gasteiger partial charge in [-0.25, -0.2) is 22.8 Å². The van der Waals surface area contributed by atoms with Crippen LogP contribution in [0.15, 0.2) is 17.2 Å². The van der Waals surface area contributed by atoms with Gasteiger partial charge in [0.25, 0.3) is 5.91 Å². The molecule has 2 aromatic heterocycles. The van der Waals surface area contributed by atoms with Crippen LogP contribution in [0, 0.1) is 17.1 Å². The molecular weight excluding hydrogens is 481 g/mol. The molecule has 7 nitrogen and oxygen atoms in total.